The summed E-state index contributed by atoms with van der Waals surface area (Å²) in [6.07, 6.45) is 0.111. The Morgan fingerprint density at radius 1 is 1.23 bits per heavy atom. The highest BCUT2D eigenvalue weighted by molar-refractivity contribution is 6.31. The number of nitrogens with zero attached hydrogens (tertiary/aromatic N) is 2. The molecule has 2 aliphatic rings. The average molecular weight is 446 g/mol. The maximum atomic E-state index is 11.4. The van der Waals surface area contributed by atoms with Gasteiger partial charge in [-0.25, -0.2) is 4.98 Å². The van der Waals surface area contributed by atoms with Gasteiger partial charge in [-0.15, -0.1) is 0 Å². The van der Waals surface area contributed by atoms with Crippen LogP contribution < -0.4 is 14.8 Å². The van der Waals surface area contributed by atoms with Crippen molar-refractivity contribution < 1.29 is 24.1 Å². The largest absolute Gasteiger partial charge is 0.493 e. The van der Waals surface area contributed by atoms with E-state index in [2.05, 4.69) is 10.3 Å². The topological polar surface area (TPSA) is 87.0 Å². The van der Waals surface area contributed by atoms with Gasteiger partial charge in [-0.2, -0.15) is 0 Å². The van der Waals surface area contributed by atoms with Crippen LogP contribution >= 0.6 is 11.6 Å². The average Bonchev–Trinajstić information content (AvgIpc) is 3.39. The van der Waals surface area contributed by atoms with Crippen LogP contribution in [0.3, 0.4) is 0 Å². The number of benzene rings is 2. The van der Waals surface area contributed by atoms with Crippen LogP contribution in [0.1, 0.15) is 11.6 Å². The number of hydrogen-bond donors (Lipinski definition) is 2. The van der Waals surface area contributed by atoms with Crippen molar-refractivity contribution in [2.75, 3.05) is 20.8 Å². The standard InChI is InChI=1S/C22H24ClN3O5/c1-28-16-7-14-15(8-17(16)29-2)26(11-25-14)20-21(27)19(18-10-30-22(20)31-18)24-9-12-5-3-4-6-13(12)23/h3-8,11,18-22,24,27H,9-10H2,1-2H3/t18-,19-,20-,21+,22-/m1/s1. The highest BCUT2D eigenvalue weighted by atomic mass is 35.5. The number of imidazole rings is 1. The molecule has 164 valence electrons. The number of nitrogens with one attached hydrogen (secondary N) is 1. The molecule has 2 aliphatic heterocycles. The lowest BCUT2D eigenvalue weighted by atomic mass is 9.95. The molecule has 0 aliphatic carbocycles. The second-order valence-electron chi connectivity index (χ2n) is 7.70. The number of aliphatic hydroxyl groups is 1. The second kappa shape index (κ2) is 8.29. The highest BCUT2D eigenvalue weighted by Crippen LogP contribution is 2.39. The summed E-state index contributed by atoms with van der Waals surface area (Å²) in [5.74, 6) is 1.18. The Morgan fingerprint density at radius 2 is 2.00 bits per heavy atom. The quantitative estimate of drug-likeness (QED) is 0.602. The third kappa shape index (κ3) is 3.54. The van der Waals surface area contributed by atoms with Gasteiger partial charge in [0, 0.05) is 23.7 Å². The van der Waals surface area contributed by atoms with Crippen LogP contribution in [0.2, 0.25) is 5.02 Å². The molecule has 1 aromatic heterocycles. The first-order valence-electron chi connectivity index (χ1n) is 10.1. The molecular weight excluding hydrogens is 422 g/mol. The maximum absolute atomic E-state index is 11.4. The van der Waals surface area contributed by atoms with Crippen LogP contribution in [0.25, 0.3) is 11.0 Å². The van der Waals surface area contributed by atoms with Gasteiger partial charge < -0.3 is 33.9 Å². The predicted molar refractivity (Wildman–Crippen MR) is 115 cm³/mol. The molecule has 31 heavy (non-hydrogen) atoms. The number of ether oxygens (including phenoxy) is 4. The Balaban J connectivity index is 1.46. The molecule has 2 bridgehead atoms. The molecule has 0 radical (unpaired) electrons. The SMILES string of the molecule is COc1cc2ncn([C@H]3[C@@H]4OC[C@@H](O4)[C@@H](NCc4ccccc4Cl)[C@@H]3O)c2cc1OC. The summed E-state index contributed by atoms with van der Waals surface area (Å²) in [6.45, 7) is 0.913. The van der Waals surface area contributed by atoms with Crippen LogP contribution in [0.4, 0.5) is 0 Å². The first-order valence-corrected chi connectivity index (χ1v) is 10.5. The summed E-state index contributed by atoms with van der Waals surface area (Å²) in [4.78, 5) is 4.49. The van der Waals surface area contributed by atoms with Gasteiger partial charge in [0.2, 0.25) is 0 Å². The van der Waals surface area contributed by atoms with Gasteiger partial charge in [-0.05, 0) is 11.6 Å². The molecule has 5 atom stereocenters. The summed E-state index contributed by atoms with van der Waals surface area (Å²) in [7, 11) is 3.17. The van der Waals surface area contributed by atoms with Crippen LogP contribution in [0.15, 0.2) is 42.7 Å². The second-order valence-corrected chi connectivity index (χ2v) is 8.11. The summed E-state index contributed by atoms with van der Waals surface area (Å²) in [6, 6.07) is 10.5. The van der Waals surface area contributed by atoms with E-state index in [-0.39, 0.29) is 12.1 Å². The number of aliphatic hydroxyl groups excluding tert-OH is 1. The fourth-order valence-corrected chi connectivity index (χ4v) is 4.61. The first-order chi connectivity index (χ1) is 15.1. The van der Waals surface area contributed by atoms with Gasteiger partial charge >= 0.3 is 0 Å². The maximum Gasteiger partial charge on any atom is 0.181 e. The number of halogens is 1. The van der Waals surface area contributed by atoms with Crippen LogP contribution in [0.5, 0.6) is 11.5 Å². The van der Waals surface area contributed by atoms with Crippen LogP contribution in [0, 0.1) is 0 Å². The third-order valence-corrected chi connectivity index (χ3v) is 6.39. The van der Waals surface area contributed by atoms with Crippen molar-refractivity contribution >= 4 is 22.6 Å². The number of hydrogen-bond acceptors (Lipinski definition) is 7. The smallest absolute Gasteiger partial charge is 0.181 e. The van der Waals surface area contributed by atoms with Crippen molar-refractivity contribution in [3.63, 3.8) is 0 Å². The van der Waals surface area contributed by atoms with Gasteiger partial charge in [-0.1, -0.05) is 29.8 Å². The minimum atomic E-state index is -0.765. The minimum Gasteiger partial charge on any atom is -0.493 e. The normalized spacial score (nSPS) is 27.5. The summed E-state index contributed by atoms with van der Waals surface area (Å²) < 4.78 is 24.7. The molecule has 2 fully saturated rings. The van der Waals surface area contributed by atoms with E-state index in [4.69, 9.17) is 30.5 Å². The van der Waals surface area contributed by atoms with Crippen molar-refractivity contribution in [2.24, 2.45) is 0 Å². The van der Waals surface area contributed by atoms with E-state index in [0.29, 0.717) is 29.7 Å². The lowest BCUT2D eigenvalue weighted by molar-refractivity contribution is -0.164. The Hall–Kier alpha value is -2.36. The molecule has 0 amide bonds. The monoisotopic (exact) mass is 445 g/mol. The lowest BCUT2D eigenvalue weighted by Gasteiger charge is -2.39. The number of methoxy groups -OCH3 is 2. The molecule has 0 unspecified atom stereocenters. The van der Waals surface area contributed by atoms with E-state index < -0.39 is 18.4 Å². The van der Waals surface area contributed by atoms with Crippen molar-refractivity contribution in [3.05, 3.63) is 53.3 Å². The molecule has 2 aromatic carbocycles. The fourth-order valence-electron chi connectivity index (χ4n) is 4.41. The Labute approximate surface area is 184 Å². The molecule has 0 spiro atoms. The van der Waals surface area contributed by atoms with E-state index in [1.807, 2.05) is 41.0 Å². The van der Waals surface area contributed by atoms with Gasteiger partial charge in [0.1, 0.15) is 12.1 Å². The zero-order valence-corrected chi connectivity index (χ0v) is 18.0. The molecule has 3 heterocycles. The predicted octanol–water partition coefficient (Wildman–Crippen LogP) is 2.52. The van der Waals surface area contributed by atoms with Crippen molar-refractivity contribution in [1.29, 1.82) is 0 Å². The van der Waals surface area contributed by atoms with Gasteiger partial charge in [0.25, 0.3) is 0 Å². The van der Waals surface area contributed by atoms with Crippen molar-refractivity contribution in [1.82, 2.24) is 14.9 Å². The molecule has 3 aromatic rings. The summed E-state index contributed by atoms with van der Waals surface area (Å²) >= 11 is 6.29. The Kier molecular flexibility index (Phi) is 5.49. The third-order valence-electron chi connectivity index (χ3n) is 6.02. The van der Waals surface area contributed by atoms with E-state index in [0.717, 1.165) is 16.6 Å². The molecule has 8 nitrogen and oxygen atoms in total. The number of rotatable bonds is 6. The van der Waals surface area contributed by atoms with E-state index in [1.54, 1.807) is 20.5 Å². The number of fused-ring (bicyclic) bond motifs is 3. The van der Waals surface area contributed by atoms with Gasteiger partial charge in [-0.3, -0.25) is 0 Å². The lowest BCUT2D eigenvalue weighted by Crippen LogP contribution is -2.57. The zero-order chi connectivity index (χ0) is 21.5. The molecule has 9 heteroatoms. The molecule has 2 N–H and O–H groups in total. The summed E-state index contributed by atoms with van der Waals surface area (Å²) in [5.41, 5.74) is 2.48. The van der Waals surface area contributed by atoms with Crippen molar-refractivity contribution in [3.8, 4) is 11.5 Å². The molecular formula is C22H24ClN3O5. The Bertz CT molecular complexity index is 1090. The fraction of sp³-hybridized carbons (Fsp3) is 0.409. The van der Waals surface area contributed by atoms with Crippen molar-refractivity contribution in [2.45, 2.75) is 37.1 Å². The van der Waals surface area contributed by atoms with Gasteiger partial charge in [0.05, 0.1) is 50.3 Å². The first kappa shape index (κ1) is 20.5. The number of aromatic nitrogens is 2. The van der Waals surface area contributed by atoms with E-state index >= 15 is 0 Å². The Morgan fingerprint density at radius 3 is 2.77 bits per heavy atom. The molecule has 5 rings (SSSR count). The molecule has 0 saturated carbocycles. The summed E-state index contributed by atoms with van der Waals surface area (Å²) in [5, 5.41) is 15.5. The van der Waals surface area contributed by atoms with Gasteiger partial charge in [0.15, 0.2) is 17.8 Å². The van der Waals surface area contributed by atoms with E-state index in [1.165, 1.54) is 0 Å². The highest BCUT2D eigenvalue weighted by Gasteiger charge is 2.51. The molecule has 2 saturated heterocycles. The zero-order valence-electron chi connectivity index (χ0n) is 17.2. The minimum absolute atomic E-state index is 0.247. The van der Waals surface area contributed by atoms with Crippen LogP contribution in [-0.4, -0.2) is 60.0 Å². The van der Waals surface area contributed by atoms with Crippen LogP contribution in [-0.2, 0) is 16.0 Å². The van der Waals surface area contributed by atoms with E-state index in [9.17, 15) is 5.11 Å².